The molecule has 3 heterocycles. The molecule has 0 spiro atoms. The summed E-state index contributed by atoms with van der Waals surface area (Å²) in [6.07, 6.45) is 0.413. The summed E-state index contributed by atoms with van der Waals surface area (Å²) in [6, 6.07) is 0. The monoisotopic (exact) mass is 395 g/mol. The van der Waals surface area contributed by atoms with Gasteiger partial charge in [-0.05, 0) is 19.8 Å². The van der Waals surface area contributed by atoms with Gasteiger partial charge in [-0.3, -0.25) is 9.36 Å². The molecule has 0 unspecified atom stereocenters. The van der Waals surface area contributed by atoms with Crippen molar-refractivity contribution in [1.29, 1.82) is 0 Å². The molecule has 2 aromatic rings. The molecule has 2 aromatic heterocycles. The number of esters is 1. The lowest BCUT2D eigenvalue weighted by Gasteiger charge is -2.16. The van der Waals surface area contributed by atoms with Crippen molar-refractivity contribution in [2.24, 2.45) is 0 Å². The SMILES string of the molecule is CCOC(=O)CCCCNc1ncnc2c1ncn2[C@@H]1O[C@H](CO)[C@@H](O)[C@H]1O. The Morgan fingerprint density at radius 3 is 2.82 bits per heavy atom. The van der Waals surface area contributed by atoms with Crippen LogP contribution in [0.5, 0.6) is 0 Å². The van der Waals surface area contributed by atoms with Crippen LogP contribution in [-0.2, 0) is 14.3 Å². The standard InChI is InChI=1S/C17H25N5O6/c1-2-27-11(24)5-3-4-6-18-15-12-16(20-8-19-15)22(9-21-12)17-14(26)13(25)10(7-23)28-17/h8-10,13-14,17,23,25-26H,2-7H2,1H3,(H,18,19,20)/t10-,13-,14-,17-/m1/s1. The molecule has 3 rings (SSSR count). The van der Waals surface area contributed by atoms with Gasteiger partial charge < -0.3 is 30.1 Å². The molecule has 0 amide bonds. The minimum atomic E-state index is -1.22. The zero-order valence-electron chi connectivity index (χ0n) is 15.6. The van der Waals surface area contributed by atoms with Crippen molar-refractivity contribution in [2.45, 2.75) is 50.7 Å². The minimum Gasteiger partial charge on any atom is -0.466 e. The molecule has 1 aliphatic heterocycles. The van der Waals surface area contributed by atoms with Crippen LogP contribution in [0.2, 0.25) is 0 Å². The Labute approximate surface area is 161 Å². The number of fused-ring (bicyclic) bond motifs is 1. The second kappa shape index (κ2) is 9.24. The quantitative estimate of drug-likeness (QED) is 0.325. The largest absolute Gasteiger partial charge is 0.466 e. The molecular weight excluding hydrogens is 370 g/mol. The first kappa shape index (κ1) is 20.4. The molecule has 11 heteroatoms. The lowest BCUT2D eigenvalue weighted by atomic mass is 10.1. The zero-order chi connectivity index (χ0) is 20.1. The summed E-state index contributed by atoms with van der Waals surface area (Å²) in [5.41, 5.74) is 0.921. The van der Waals surface area contributed by atoms with Crippen molar-refractivity contribution in [3.8, 4) is 0 Å². The molecule has 0 aliphatic carbocycles. The molecule has 0 bridgehead atoms. The molecule has 11 nitrogen and oxygen atoms in total. The van der Waals surface area contributed by atoms with Crippen molar-refractivity contribution >= 4 is 23.0 Å². The predicted molar refractivity (Wildman–Crippen MR) is 97.3 cm³/mol. The second-order valence-electron chi connectivity index (χ2n) is 6.46. The lowest BCUT2D eigenvalue weighted by Crippen LogP contribution is -2.33. The molecule has 1 fully saturated rings. The molecule has 28 heavy (non-hydrogen) atoms. The third-order valence-electron chi connectivity index (χ3n) is 4.56. The average Bonchev–Trinajstić information content (AvgIpc) is 3.24. The fourth-order valence-corrected chi connectivity index (χ4v) is 3.11. The van der Waals surface area contributed by atoms with Gasteiger partial charge >= 0.3 is 5.97 Å². The number of carbonyl (C=O) groups excluding carboxylic acids is 1. The zero-order valence-corrected chi connectivity index (χ0v) is 15.6. The van der Waals surface area contributed by atoms with E-state index >= 15 is 0 Å². The Balaban J connectivity index is 1.64. The van der Waals surface area contributed by atoms with Gasteiger partial charge in [-0.1, -0.05) is 0 Å². The Bertz CT molecular complexity index is 799. The van der Waals surface area contributed by atoms with Crippen LogP contribution in [0.25, 0.3) is 11.2 Å². The Morgan fingerprint density at radius 1 is 1.29 bits per heavy atom. The maximum atomic E-state index is 11.3. The number of hydrogen-bond acceptors (Lipinski definition) is 10. The highest BCUT2D eigenvalue weighted by Crippen LogP contribution is 2.32. The van der Waals surface area contributed by atoms with E-state index in [1.807, 2.05) is 0 Å². The normalized spacial score (nSPS) is 24.6. The van der Waals surface area contributed by atoms with Crippen LogP contribution in [0.3, 0.4) is 0 Å². The van der Waals surface area contributed by atoms with Gasteiger partial charge in [0.2, 0.25) is 0 Å². The van der Waals surface area contributed by atoms with Gasteiger partial charge in [-0.2, -0.15) is 0 Å². The maximum absolute atomic E-state index is 11.3. The van der Waals surface area contributed by atoms with Crippen LogP contribution in [0.1, 0.15) is 32.4 Å². The predicted octanol–water partition coefficient (Wildman–Crippen LogP) is -0.417. The van der Waals surface area contributed by atoms with Crippen molar-refractivity contribution in [3.05, 3.63) is 12.7 Å². The third-order valence-corrected chi connectivity index (χ3v) is 4.56. The molecule has 0 saturated carbocycles. The number of aliphatic hydroxyl groups excluding tert-OH is 3. The Morgan fingerprint density at radius 2 is 2.11 bits per heavy atom. The first-order chi connectivity index (χ1) is 13.6. The van der Waals surface area contributed by atoms with E-state index < -0.39 is 31.1 Å². The van der Waals surface area contributed by atoms with Gasteiger partial charge in [-0.25, -0.2) is 15.0 Å². The summed E-state index contributed by atoms with van der Waals surface area (Å²) in [4.78, 5) is 24.0. The number of unbranched alkanes of at least 4 members (excludes halogenated alkanes) is 1. The highest BCUT2D eigenvalue weighted by atomic mass is 16.6. The number of anilines is 1. The van der Waals surface area contributed by atoms with E-state index in [4.69, 9.17) is 9.47 Å². The number of aromatic nitrogens is 4. The summed E-state index contributed by atoms with van der Waals surface area (Å²) >= 11 is 0. The number of hydrogen-bond donors (Lipinski definition) is 4. The number of nitrogens with zero attached hydrogens (tertiary/aromatic N) is 4. The van der Waals surface area contributed by atoms with E-state index in [1.54, 1.807) is 6.92 Å². The molecule has 154 valence electrons. The fraction of sp³-hybridized carbons (Fsp3) is 0.647. The second-order valence-corrected chi connectivity index (χ2v) is 6.46. The Hall–Kier alpha value is -2.34. The number of imidazole rings is 1. The highest BCUT2D eigenvalue weighted by molar-refractivity contribution is 5.82. The van der Waals surface area contributed by atoms with E-state index in [0.717, 1.165) is 6.42 Å². The van der Waals surface area contributed by atoms with Crippen LogP contribution in [0, 0.1) is 0 Å². The van der Waals surface area contributed by atoms with Gasteiger partial charge in [0, 0.05) is 13.0 Å². The number of ether oxygens (including phenoxy) is 2. The molecule has 0 aromatic carbocycles. The van der Waals surface area contributed by atoms with Crippen molar-refractivity contribution < 1.29 is 29.6 Å². The van der Waals surface area contributed by atoms with Crippen molar-refractivity contribution in [3.63, 3.8) is 0 Å². The van der Waals surface area contributed by atoms with E-state index in [0.29, 0.717) is 43.0 Å². The van der Waals surface area contributed by atoms with E-state index in [2.05, 4.69) is 20.3 Å². The lowest BCUT2D eigenvalue weighted by molar-refractivity contribution is -0.143. The van der Waals surface area contributed by atoms with Crippen LogP contribution in [0.4, 0.5) is 5.82 Å². The van der Waals surface area contributed by atoms with Gasteiger partial charge in [-0.15, -0.1) is 0 Å². The topological polar surface area (TPSA) is 152 Å². The summed E-state index contributed by atoms with van der Waals surface area (Å²) < 4.78 is 11.9. The van der Waals surface area contributed by atoms with Gasteiger partial charge in [0.25, 0.3) is 0 Å². The first-order valence-corrected chi connectivity index (χ1v) is 9.26. The smallest absolute Gasteiger partial charge is 0.305 e. The molecule has 0 radical (unpaired) electrons. The summed E-state index contributed by atoms with van der Waals surface area (Å²) in [7, 11) is 0. The molecule has 1 saturated heterocycles. The number of rotatable bonds is 9. The molecule has 4 N–H and O–H groups in total. The van der Waals surface area contributed by atoms with Crippen molar-refractivity contribution in [1.82, 2.24) is 19.5 Å². The fourth-order valence-electron chi connectivity index (χ4n) is 3.11. The summed E-state index contributed by atoms with van der Waals surface area (Å²) in [6.45, 7) is 2.34. The van der Waals surface area contributed by atoms with Crippen LogP contribution >= 0.6 is 0 Å². The number of nitrogens with one attached hydrogen (secondary N) is 1. The third kappa shape index (κ3) is 4.22. The van der Waals surface area contributed by atoms with Crippen molar-refractivity contribution in [2.75, 3.05) is 25.1 Å². The average molecular weight is 395 g/mol. The van der Waals surface area contributed by atoms with E-state index in [-0.39, 0.29) is 5.97 Å². The molecular formula is C17H25N5O6. The Kier molecular flexibility index (Phi) is 6.73. The van der Waals surface area contributed by atoms with E-state index in [1.165, 1.54) is 17.2 Å². The summed E-state index contributed by atoms with van der Waals surface area (Å²) in [5, 5.41) is 32.6. The number of aliphatic hydroxyl groups is 3. The summed E-state index contributed by atoms with van der Waals surface area (Å²) in [5.74, 6) is 0.316. The highest BCUT2D eigenvalue weighted by Gasteiger charge is 2.44. The minimum absolute atomic E-state index is 0.204. The van der Waals surface area contributed by atoms with Crippen LogP contribution in [-0.4, -0.2) is 78.9 Å². The molecule has 4 atom stereocenters. The van der Waals surface area contributed by atoms with E-state index in [9.17, 15) is 20.1 Å². The van der Waals surface area contributed by atoms with Crippen LogP contribution < -0.4 is 5.32 Å². The van der Waals surface area contributed by atoms with Gasteiger partial charge in [0.1, 0.15) is 24.6 Å². The number of carbonyl (C=O) groups is 1. The maximum Gasteiger partial charge on any atom is 0.305 e. The van der Waals surface area contributed by atoms with Gasteiger partial charge in [0.15, 0.2) is 23.2 Å². The first-order valence-electron chi connectivity index (χ1n) is 9.26. The van der Waals surface area contributed by atoms with Gasteiger partial charge in [0.05, 0.1) is 19.5 Å². The van der Waals surface area contributed by atoms with Crippen LogP contribution in [0.15, 0.2) is 12.7 Å². The molecule has 1 aliphatic rings.